The van der Waals surface area contributed by atoms with Gasteiger partial charge in [-0.25, -0.2) is 14.4 Å². The van der Waals surface area contributed by atoms with Crippen molar-refractivity contribution in [1.82, 2.24) is 19.6 Å². The summed E-state index contributed by atoms with van der Waals surface area (Å²) in [5.74, 6) is -0.362. The van der Waals surface area contributed by atoms with Crippen LogP contribution in [-0.4, -0.2) is 152 Å². The zero-order valence-electron chi connectivity index (χ0n) is 37.5. The highest BCUT2D eigenvalue weighted by molar-refractivity contribution is 5.87. The highest BCUT2D eigenvalue weighted by Crippen LogP contribution is 2.32. The number of amides is 4. The maximum atomic E-state index is 12.7. The summed E-state index contributed by atoms with van der Waals surface area (Å²) in [6, 6.07) is -0.0492. The summed E-state index contributed by atoms with van der Waals surface area (Å²) in [4.78, 5) is 99.7. The molecule has 2 atom stereocenters. The van der Waals surface area contributed by atoms with Crippen LogP contribution >= 0.6 is 0 Å². The molecule has 18 heteroatoms. The molecule has 0 spiro atoms. The molecule has 0 saturated carbocycles. The Kier molecular flexibility index (Phi) is 24.9. The molecule has 0 N–H and O–H groups in total. The Morgan fingerprint density at radius 2 is 1.10 bits per heavy atom. The molecule has 4 aliphatic heterocycles. The molecule has 0 aromatic heterocycles. The van der Waals surface area contributed by atoms with Gasteiger partial charge in [0.2, 0.25) is 23.6 Å². The number of esters is 2. The van der Waals surface area contributed by atoms with E-state index in [1.807, 2.05) is 25.7 Å². The number of hydrogen-bond donors (Lipinski definition) is 0. The van der Waals surface area contributed by atoms with Gasteiger partial charge in [-0.3, -0.25) is 24.0 Å². The molecule has 0 bridgehead atoms. The minimum atomic E-state index is -0.848. The van der Waals surface area contributed by atoms with Crippen LogP contribution in [-0.2, 0) is 57.2 Å². The SMILES string of the molecule is C=C(C)C(=O)OCCOC(=O)OCCN1CCCC1=O.C=CN1CCCCCC1=O.CCC(C)(CC(C)N1CCCCCC1=O)C(=O)OCCOC(=O)OCCN1CCCC1=O. The number of hydrogen-bond acceptors (Lipinski definition) is 14. The zero-order chi connectivity index (χ0) is 45.9. The lowest BCUT2D eigenvalue weighted by atomic mass is 9.81. The molecule has 2 unspecified atom stereocenters. The number of nitrogens with zero attached hydrogens (tertiary/aromatic N) is 4. The van der Waals surface area contributed by atoms with E-state index >= 15 is 0 Å². The van der Waals surface area contributed by atoms with E-state index in [0.717, 1.165) is 58.0 Å². The number of carbonyl (C=O) groups is 8. The van der Waals surface area contributed by atoms with Gasteiger partial charge in [-0.05, 0) is 78.3 Å². The van der Waals surface area contributed by atoms with Gasteiger partial charge in [0.05, 0.1) is 18.5 Å². The molecule has 4 rings (SSSR count). The topological polar surface area (TPSA) is 205 Å². The van der Waals surface area contributed by atoms with Crippen LogP contribution in [0.2, 0.25) is 0 Å². The van der Waals surface area contributed by atoms with Gasteiger partial charge >= 0.3 is 24.2 Å². The molecule has 62 heavy (non-hydrogen) atoms. The maximum absolute atomic E-state index is 12.7. The molecule has 4 amide bonds. The summed E-state index contributed by atoms with van der Waals surface area (Å²) in [5.41, 5.74) is -0.447. The third kappa shape index (κ3) is 20.1. The summed E-state index contributed by atoms with van der Waals surface area (Å²) < 4.78 is 29.5. The molecule has 0 aliphatic carbocycles. The van der Waals surface area contributed by atoms with Gasteiger partial charge in [0, 0.05) is 63.5 Å². The maximum Gasteiger partial charge on any atom is 0.508 e. The first kappa shape index (κ1) is 53.0. The molecule has 18 nitrogen and oxygen atoms in total. The zero-order valence-corrected chi connectivity index (χ0v) is 37.5. The first-order valence-electron chi connectivity index (χ1n) is 22.0. The van der Waals surface area contributed by atoms with Crippen molar-refractivity contribution in [1.29, 1.82) is 0 Å². The molecule has 4 heterocycles. The smallest absolute Gasteiger partial charge is 0.462 e. The average molecular weight is 879 g/mol. The monoisotopic (exact) mass is 878 g/mol. The Labute approximate surface area is 366 Å². The standard InChI is InChI=1S/C23H38N2O7.C13H19NO6.C8H13NO/c1-4-23(3,17-18(2)25-12-7-5-6-9-20(25)27)21(28)30-15-16-32-22(29)31-14-13-24-11-8-10-19(24)26;1-10(2)12(16)18-8-9-20-13(17)19-7-6-14-5-3-4-11(14)15;1-2-9-7-5-3-4-6-8(9)10/h18H,4-17H2,1-3H3;1,3-9H2,2H3;2H,1,3-7H2. The minimum Gasteiger partial charge on any atom is -0.462 e. The van der Waals surface area contributed by atoms with E-state index in [0.29, 0.717) is 64.7 Å². The quantitative estimate of drug-likeness (QED) is 0.0698. The molecule has 0 aromatic rings. The van der Waals surface area contributed by atoms with Crippen LogP contribution in [0.25, 0.3) is 0 Å². The Morgan fingerprint density at radius 3 is 1.58 bits per heavy atom. The van der Waals surface area contributed by atoms with Gasteiger partial charge in [0.15, 0.2) is 0 Å². The van der Waals surface area contributed by atoms with Crippen LogP contribution in [0, 0.1) is 5.41 Å². The van der Waals surface area contributed by atoms with E-state index < -0.39 is 23.7 Å². The van der Waals surface area contributed by atoms with Crippen LogP contribution in [0.1, 0.15) is 118 Å². The second kappa shape index (κ2) is 29.2. The molecule has 0 radical (unpaired) electrons. The first-order chi connectivity index (χ1) is 29.6. The number of ether oxygens (including phenoxy) is 6. The number of carbonyl (C=O) groups excluding carboxylic acids is 8. The van der Waals surface area contributed by atoms with E-state index in [1.54, 1.807) is 20.9 Å². The van der Waals surface area contributed by atoms with E-state index in [-0.39, 0.29) is 80.9 Å². The van der Waals surface area contributed by atoms with Crippen LogP contribution in [0.3, 0.4) is 0 Å². The summed E-state index contributed by atoms with van der Waals surface area (Å²) >= 11 is 0. The summed E-state index contributed by atoms with van der Waals surface area (Å²) in [5, 5.41) is 0. The largest absolute Gasteiger partial charge is 0.508 e. The molecule has 4 fully saturated rings. The third-order valence-electron chi connectivity index (χ3n) is 10.9. The van der Waals surface area contributed by atoms with Gasteiger partial charge in [0.1, 0.15) is 39.6 Å². The van der Waals surface area contributed by atoms with E-state index in [2.05, 4.69) is 13.2 Å². The molecule has 4 saturated heterocycles. The van der Waals surface area contributed by atoms with Crippen LogP contribution in [0.5, 0.6) is 0 Å². The van der Waals surface area contributed by atoms with Crippen molar-refractivity contribution in [3.05, 3.63) is 24.9 Å². The van der Waals surface area contributed by atoms with Crippen molar-refractivity contribution in [3.63, 3.8) is 0 Å². The average Bonchev–Trinajstić information content (AvgIpc) is 3.69. The van der Waals surface area contributed by atoms with Crippen molar-refractivity contribution < 1.29 is 66.8 Å². The second-order valence-electron chi connectivity index (χ2n) is 15.9. The number of rotatable bonds is 19. The Morgan fingerprint density at radius 1 is 0.629 bits per heavy atom. The van der Waals surface area contributed by atoms with Crippen molar-refractivity contribution >= 4 is 47.9 Å². The third-order valence-corrected chi connectivity index (χ3v) is 10.9. The van der Waals surface area contributed by atoms with Gasteiger partial charge in [0.25, 0.3) is 0 Å². The number of likely N-dealkylation sites (tertiary alicyclic amines) is 4. The van der Waals surface area contributed by atoms with Gasteiger partial charge in [-0.1, -0.05) is 32.9 Å². The predicted molar refractivity (Wildman–Crippen MR) is 226 cm³/mol. The van der Waals surface area contributed by atoms with E-state index in [4.69, 9.17) is 28.4 Å². The van der Waals surface area contributed by atoms with Crippen LogP contribution < -0.4 is 0 Å². The first-order valence-corrected chi connectivity index (χ1v) is 22.0. The summed E-state index contributed by atoms with van der Waals surface area (Å²) in [6.45, 7) is 17.9. The molecule has 4 aliphatic rings. The fourth-order valence-electron chi connectivity index (χ4n) is 7.06. The molecule has 0 aromatic carbocycles. The summed E-state index contributed by atoms with van der Waals surface area (Å²) in [7, 11) is 0. The molecule has 350 valence electrons. The van der Waals surface area contributed by atoms with E-state index in [1.165, 1.54) is 13.3 Å². The molecular weight excluding hydrogens is 808 g/mol. The highest BCUT2D eigenvalue weighted by atomic mass is 16.7. The minimum absolute atomic E-state index is 0.0492. The second-order valence-corrected chi connectivity index (χ2v) is 15.9. The van der Waals surface area contributed by atoms with Crippen molar-refractivity contribution in [3.8, 4) is 0 Å². The van der Waals surface area contributed by atoms with Crippen molar-refractivity contribution in [2.24, 2.45) is 5.41 Å². The van der Waals surface area contributed by atoms with Crippen molar-refractivity contribution in [2.45, 2.75) is 124 Å². The lowest BCUT2D eigenvalue weighted by Crippen LogP contribution is -2.43. The molecular formula is C44H70N4O14. The van der Waals surface area contributed by atoms with E-state index in [9.17, 15) is 38.4 Å². The Hall–Kier alpha value is -5.16. The van der Waals surface area contributed by atoms with Gasteiger partial charge < -0.3 is 48.0 Å². The Bertz CT molecular complexity index is 1520. The highest BCUT2D eigenvalue weighted by Gasteiger charge is 2.37. The fourth-order valence-corrected chi connectivity index (χ4v) is 7.06. The predicted octanol–water partition coefficient (Wildman–Crippen LogP) is 5.32. The van der Waals surface area contributed by atoms with Crippen molar-refractivity contribution in [2.75, 3.05) is 78.9 Å². The van der Waals surface area contributed by atoms with Crippen LogP contribution in [0.15, 0.2) is 24.9 Å². The van der Waals surface area contributed by atoms with Crippen LogP contribution in [0.4, 0.5) is 9.59 Å². The normalized spacial score (nSPS) is 18.1. The fraction of sp³-hybridized carbons (Fsp3) is 0.727. The van der Waals surface area contributed by atoms with Gasteiger partial charge in [-0.2, -0.15) is 0 Å². The Balaban J connectivity index is 0.000000371. The van der Waals surface area contributed by atoms with Gasteiger partial charge in [-0.15, -0.1) is 0 Å². The lowest BCUT2D eigenvalue weighted by molar-refractivity contribution is -0.158. The lowest BCUT2D eigenvalue weighted by Gasteiger charge is -2.35. The summed E-state index contributed by atoms with van der Waals surface area (Å²) in [6.07, 6.45) is 11.4.